The maximum Gasteiger partial charge on any atom is 0.0406 e. The monoisotopic (exact) mass is 329 g/mol. The van der Waals surface area contributed by atoms with Crippen molar-refractivity contribution in [1.29, 1.82) is 0 Å². The van der Waals surface area contributed by atoms with Crippen LogP contribution < -0.4 is 5.73 Å². The Morgan fingerprint density at radius 1 is 0.900 bits per heavy atom. The lowest BCUT2D eigenvalue weighted by Gasteiger charge is -2.21. The van der Waals surface area contributed by atoms with Gasteiger partial charge in [-0.3, -0.25) is 0 Å². The van der Waals surface area contributed by atoms with Gasteiger partial charge in [-0.1, -0.05) is 47.5 Å². The fourth-order valence-corrected chi connectivity index (χ4v) is 2.44. The van der Waals surface area contributed by atoms with Crippen LogP contribution in [-0.4, -0.2) is 6.04 Å². The third kappa shape index (κ3) is 4.68. The van der Waals surface area contributed by atoms with Gasteiger partial charge in [0.2, 0.25) is 0 Å². The predicted molar refractivity (Wildman–Crippen MR) is 90.2 cm³/mol. The van der Waals surface area contributed by atoms with Gasteiger partial charge in [0.25, 0.3) is 0 Å². The van der Waals surface area contributed by atoms with Crippen molar-refractivity contribution in [3.8, 4) is 0 Å². The summed E-state index contributed by atoms with van der Waals surface area (Å²) in [5, 5.41) is 1.51. The Morgan fingerprint density at radius 3 is 1.80 bits per heavy atom. The second kappa shape index (κ2) is 7.90. The van der Waals surface area contributed by atoms with Crippen molar-refractivity contribution in [3.05, 3.63) is 69.7 Å². The molecule has 0 saturated carbocycles. The molecule has 0 saturated heterocycles. The van der Waals surface area contributed by atoms with Crippen LogP contribution in [0.3, 0.4) is 0 Å². The van der Waals surface area contributed by atoms with Gasteiger partial charge in [-0.15, -0.1) is 12.4 Å². The molecule has 0 fully saturated rings. The Kier molecular flexibility index (Phi) is 6.84. The predicted octanol–water partition coefficient (Wildman–Crippen LogP) is 5.09. The highest BCUT2D eigenvalue weighted by atomic mass is 35.5. The van der Waals surface area contributed by atoms with Crippen LogP contribution >= 0.6 is 35.6 Å². The van der Waals surface area contributed by atoms with Crippen LogP contribution in [0.25, 0.3) is 0 Å². The van der Waals surface area contributed by atoms with Gasteiger partial charge in [0.05, 0.1) is 0 Å². The molecule has 0 aliphatic heterocycles. The zero-order valence-corrected chi connectivity index (χ0v) is 13.6. The highest BCUT2D eigenvalue weighted by molar-refractivity contribution is 6.30. The second-order valence-electron chi connectivity index (χ2n) is 4.85. The molecule has 0 spiro atoms. The Bertz CT molecular complexity index is 520. The van der Waals surface area contributed by atoms with Crippen molar-refractivity contribution in [2.45, 2.75) is 25.3 Å². The van der Waals surface area contributed by atoms with Crippen LogP contribution in [-0.2, 0) is 6.42 Å². The van der Waals surface area contributed by atoms with Gasteiger partial charge >= 0.3 is 0 Å². The van der Waals surface area contributed by atoms with Gasteiger partial charge in [-0.25, -0.2) is 0 Å². The third-order valence-corrected chi connectivity index (χ3v) is 3.81. The normalized spacial score (nSPS) is 13.4. The fraction of sp³-hybridized carbons (Fsp3) is 0.250. The number of benzene rings is 2. The summed E-state index contributed by atoms with van der Waals surface area (Å²) in [6.45, 7) is 2.04. The highest BCUT2D eigenvalue weighted by Gasteiger charge is 2.16. The fourth-order valence-electron chi connectivity index (χ4n) is 2.19. The Labute approximate surface area is 136 Å². The van der Waals surface area contributed by atoms with Gasteiger partial charge in [0.15, 0.2) is 0 Å². The third-order valence-electron chi connectivity index (χ3n) is 3.30. The lowest BCUT2D eigenvalue weighted by atomic mass is 9.87. The molecule has 0 aromatic heterocycles. The van der Waals surface area contributed by atoms with Crippen LogP contribution in [0.4, 0.5) is 0 Å². The molecule has 0 amide bonds. The first-order chi connectivity index (χ1) is 9.06. The summed E-state index contributed by atoms with van der Waals surface area (Å²) >= 11 is 11.8. The minimum absolute atomic E-state index is 0. The van der Waals surface area contributed by atoms with Crippen LogP contribution in [0, 0.1) is 0 Å². The minimum atomic E-state index is 0. The number of hydrogen-bond acceptors (Lipinski definition) is 1. The standard InChI is InChI=1S/C16H17Cl2N.ClH/c1-11(19)16(13-4-8-15(18)9-5-13)10-12-2-6-14(17)7-3-12;/h2-9,11,16H,10,19H2,1H3;1H/t11-,16+;/m0./s1. The SMILES string of the molecule is C[C@H](N)[C@@H](Cc1ccc(Cl)cc1)c1ccc(Cl)cc1.Cl. The van der Waals surface area contributed by atoms with Crippen LogP contribution in [0.1, 0.15) is 24.0 Å². The molecule has 2 rings (SSSR count). The molecular formula is C16H18Cl3N. The molecule has 0 radical (unpaired) electrons. The van der Waals surface area contributed by atoms with Crippen molar-refractivity contribution in [2.75, 3.05) is 0 Å². The maximum atomic E-state index is 6.13. The number of rotatable bonds is 4. The summed E-state index contributed by atoms with van der Waals surface area (Å²) < 4.78 is 0. The first-order valence-electron chi connectivity index (χ1n) is 6.32. The van der Waals surface area contributed by atoms with Gasteiger partial charge in [0, 0.05) is 22.0 Å². The van der Waals surface area contributed by atoms with Crippen molar-refractivity contribution in [1.82, 2.24) is 0 Å². The second-order valence-corrected chi connectivity index (χ2v) is 5.72. The van der Waals surface area contributed by atoms with E-state index in [9.17, 15) is 0 Å². The van der Waals surface area contributed by atoms with E-state index >= 15 is 0 Å². The molecule has 2 aromatic rings. The lowest BCUT2D eigenvalue weighted by molar-refractivity contribution is 0.565. The Hall–Kier alpha value is -0.730. The molecule has 2 aromatic carbocycles. The lowest BCUT2D eigenvalue weighted by Crippen LogP contribution is -2.26. The van der Waals surface area contributed by atoms with Crippen LogP contribution in [0.5, 0.6) is 0 Å². The molecule has 0 aliphatic carbocycles. The molecule has 4 heteroatoms. The Morgan fingerprint density at radius 2 is 1.35 bits per heavy atom. The van der Waals surface area contributed by atoms with Crippen molar-refractivity contribution in [3.63, 3.8) is 0 Å². The van der Waals surface area contributed by atoms with E-state index in [1.54, 1.807) is 0 Å². The van der Waals surface area contributed by atoms with Crippen molar-refractivity contribution >= 4 is 35.6 Å². The topological polar surface area (TPSA) is 26.0 Å². The molecule has 0 aliphatic rings. The molecular weight excluding hydrogens is 313 g/mol. The first-order valence-corrected chi connectivity index (χ1v) is 7.07. The highest BCUT2D eigenvalue weighted by Crippen LogP contribution is 2.25. The molecule has 1 nitrogen and oxygen atoms in total. The summed E-state index contributed by atoms with van der Waals surface area (Å²) in [6.07, 6.45) is 0.899. The molecule has 0 bridgehead atoms. The van der Waals surface area contributed by atoms with E-state index in [0.29, 0.717) is 0 Å². The van der Waals surface area contributed by atoms with Gasteiger partial charge in [-0.2, -0.15) is 0 Å². The smallest absolute Gasteiger partial charge is 0.0406 e. The average molecular weight is 331 g/mol. The molecule has 20 heavy (non-hydrogen) atoms. The molecule has 2 N–H and O–H groups in total. The zero-order valence-electron chi connectivity index (χ0n) is 11.2. The average Bonchev–Trinajstić information content (AvgIpc) is 2.39. The van der Waals surface area contributed by atoms with Crippen molar-refractivity contribution in [2.24, 2.45) is 5.73 Å². The number of halogens is 3. The van der Waals surface area contributed by atoms with Crippen LogP contribution in [0.15, 0.2) is 48.5 Å². The van der Waals surface area contributed by atoms with E-state index in [1.807, 2.05) is 55.5 Å². The summed E-state index contributed by atoms with van der Waals surface area (Å²) in [5.74, 6) is 0.276. The maximum absolute atomic E-state index is 6.13. The van der Waals surface area contributed by atoms with Crippen molar-refractivity contribution < 1.29 is 0 Å². The quantitative estimate of drug-likeness (QED) is 0.830. The minimum Gasteiger partial charge on any atom is -0.327 e. The van der Waals surface area contributed by atoms with E-state index in [1.165, 1.54) is 11.1 Å². The molecule has 0 unspecified atom stereocenters. The molecule has 0 heterocycles. The summed E-state index contributed by atoms with van der Waals surface area (Å²) in [6, 6.07) is 15.9. The van der Waals surface area contributed by atoms with Gasteiger partial charge in [0.1, 0.15) is 0 Å². The van der Waals surface area contributed by atoms with E-state index in [4.69, 9.17) is 28.9 Å². The van der Waals surface area contributed by atoms with E-state index in [0.717, 1.165) is 16.5 Å². The van der Waals surface area contributed by atoms with Gasteiger partial charge < -0.3 is 5.73 Å². The number of nitrogens with two attached hydrogens (primary N) is 1. The molecule has 108 valence electrons. The zero-order chi connectivity index (χ0) is 13.8. The summed E-state index contributed by atoms with van der Waals surface area (Å²) in [7, 11) is 0. The summed E-state index contributed by atoms with van der Waals surface area (Å²) in [5.41, 5.74) is 8.58. The van der Waals surface area contributed by atoms with Crippen LogP contribution in [0.2, 0.25) is 10.0 Å². The first kappa shape index (κ1) is 17.3. The Balaban J connectivity index is 0.00000200. The summed E-state index contributed by atoms with van der Waals surface area (Å²) in [4.78, 5) is 0. The molecule has 2 atom stereocenters. The number of hydrogen-bond donors (Lipinski definition) is 1. The van der Waals surface area contributed by atoms with E-state index < -0.39 is 0 Å². The van der Waals surface area contributed by atoms with E-state index in [-0.39, 0.29) is 24.4 Å². The van der Waals surface area contributed by atoms with Gasteiger partial charge in [-0.05, 0) is 48.7 Å². The van der Waals surface area contributed by atoms with E-state index in [2.05, 4.69) is 0 Å². The largest absolute Gasteiger partial charge is 0.327 e.